The smallest absolute Gasteiger partial charge is 0.210 e. The molecule has 0 amide bonds. The first-order valence-corrected chi connectivity index (χ1v) is 16.5. The van der Waals surface area contributed by atoms with Gasteiger partial charge in [0.1, 0.15) is 0 Å². The Bertz CT molecular complexity index is 1280. The number of aryl methyl sites for hydroxylation is 2. The van der Waals surface area contributed by atoms with Crippen molar-refractivity contribution in [3.8, 4) is 0 Å². The summed E-state index contributed by atoms with van der Waals surface area (Å²) in [5.74, 6) is 1.09. The molecule has 0 aromatic heterocycles. The van der Waals surface area contributed by atoms with Crippen molar-refractivity contribution >= 4 is 41.6 Å². The highest BCUT2D eigenvalue weighted by Crippen LogP contribution is 2.24. The van der Waals surface area contributed by atoms with Gasteiger partial charge in [-0.25, -0.2) is 26.3 Å². The quantitative estimate of drug-likeness (QED) is 0.240. The van der Waals surface area contributed by atoms with Crippen LogP contribution in [0.5, 0.6) is 0 Å². The van der Waals surface area contributed by atoms with Crippen LogP contribution in [0.3, 0.4) is 0 Å². The molecular formula is C25H30N2O4S4. The van der Waals surface area contributed by atoms with Gasteiger partial charge >= 0.3 is 0 Å². The van der Waals surface area contributed by atoms with Crippen molar-refractivity contribution in [2.75, 3.05) is 18.1 Å². The van der Waals surface area contributed by atoms with Gasteiger partial charge in [-0.15, -0.1) is 0 Å². The Morgan fingerprint density at radius 3 is 1.83 bits per heavy atom. The zero-order valence-electron chi connectivity index (χ0n) is 19.7. The SMILES string of the molecule is Cc1ccc(S(=O)(=O)NCCSSC[C@H](Cc2ccccc2)NS(=O)(=O)c2ccc(C)cc2)cc1. The number of benzene rings is 3. The van der Waals surface area contributed by atoms with E-state index in [1.807, 2.05) is 44.2 Å². The standard InChI is InChI=1S/C25H30N2O4S4/c1-20-8-12-24(13-9-20)34(28,29)26-16-17-32-33-19-23(18-22-6-4-3-5-7-22)27-35(30,31)25-14-10-21(2)11-15-25/h3-15,23,26-27H,16-19H2,1-2H3/t23-/m0/s1. The summed E-state index contributed by atoms with van der Waals surface area (Å²) in [6.45, 7) is 4.10. The molecule has 0 spiro atoms. The Kier molecular flexibility index (Phi) is 10.3. The first kappa shape index (κ1) is 27.8. The topological polar surface area (TPSA) is 92.3 Å². The molecule has 0 fully saturated rings. The van der Waals surface area contributed by atoms with Crippen molar-refractivity contribution < 1.29 is 16.8 Å². The maximum Gasteiger partial charge on any atom is 0.240 e. The lowest BCUT2D eigenvalue weighted by molar-refractivity contribution is 0.562. The van der Waals surface area contributed by atoms with Crippen LogP contribution in [0, 0.1) is 13.8 Å². The zero-order valence-corrected chi connectivity index (χ0v) is 22.9. The van der Waals surface area contributed by atoms with Crippen molar-refractivity contribution in [2.45, 2.75) is 36.1 Å². The van der Waals surface area contributed by atoms with E-state index in [-0.39, 0.29) is 22.4 Å². The molecule has 0 aliphatic carbocycles. The molecule has 1 atom stereocenters. The van der Waals surface area contributed by atoms with E-state index in [1.54, 1.807) is 48.5 Å². The van der Waals surface area contributed by atoms with Gasteiger partial charge in [0.15, 0.2) is 0 Å². The molecule has 0 aliphatic heterocycles. The van der Waals surface area contributed by atoms with Crippen LogP contribution in [0.25, 0.3) is 0 Å². The molecule has 3 rings (SSSR count). The fourth-order valence-electron chi connectivity index (χ4n) is 3.25. The minimum atomic E-state index is -3.66. The van der Waals surface area contributed by atoms with Crippen molar-refractivity contribution in [3.63, 3.8) is 0 Å². The average molecular weight is 551 g/mol. The Morgan fingerprint density at radius 1 is 0.714 bits per heavy atom. The van der Waals surface area contributed by atoms with Gasteiger partial charge in [-0.05, 0) is 50.1 Å². The fraction of sp³-hybridized carbons (Fsp3) is 0.280. The molecule has 0 unspecified atom stereocenters. The Balaban J connectivity index is 1.53. The average Bonchev–Trinajstić information content (AvgIpc) is 2.82. The first-order valence-electron chi connectivity index (χ1n) is 11.1. The second kappa shape index (κ2) is 12.9. The molecule has 6 nitrogen and oxygen atoms in total. The molecule has 0 radical (unpaired) electrons. The van der Waals surface area contributed by atoms with Crippen LogP contribution in [0.15, 0.2) is 88.7 Å². The maximum atomic E-state index is 12.9. The minimum absolute atomic E-state index is 0.240. The maximum absolute atomic E-state index is 12.9. The van der Waals surface area contributed by atoms with Crippen molar-refractivity contribution in [2.24, 2.45) is 0 Å². The summed E-state index contributed by atoms with van der Waals surface area (Å²) in [6, 6.07) is 22.9. The van der Waals surface area contributed by atoms with Crippen LogP contribution in [-0.2, 0) is 26.5 Å². The summed E-state index contributed by atoms with van der Waals surface area (Å²) in [5, 5.41) is 0. The van der Waals surface area contributed by atoms with Crippen molar-refractivity contribution in [1.82, 2.24) is 9.44 Å². The number of sulfonamides is 2. The van der Waals surface area contributed by atoms with Crippen LogP contribution in [0.4, 0.5) is 0 Å². The van der Waals surface area contributed by atoms with E-state index in [9.17, 15) is 16.8 Å². The van der Waals surface area contributed by atoms with Gasteiger partial charge < -0.3 is 0 Å². The van der Waals surface area contributed by atoms with Crippen molar-refractivity contribution in [1.29, 1.82) is 0 Å². The Hall–Kier alpha value is -1.82. The largest absolute Gasteiger partial charge is 0.240 e. The van der Waals surface area contributed by atoms with Crippen LogP contribution in [0.2, 0.25) is 0 Å². The Morgan fingerprint density at radius 2 is 1.26 bits per heavy atom. The van der Waals surface area contributed by atoms with Crippen LogP contribution >= 0.6 is 21.6 Å². The van der Waals surface area contributed by atoms with Gasteiger partial charge in [0, 0.05) is 24.1 Å². The molecule has 0 saturated carbocycles. The van der Waals surface area contributed by atoms with Crippen LogP contribution in [-0.4, -0.2) is 40.9 Å². The molecule has 0 saturated heterocycles. The number of rotatable bonds is 13. The first-order chi connectivity index (χ1) is 16.7. The molecular weight excluding hydrogens is 521 g/mol. The highest BCUT2D eigenvalue weighted by molar-refractivity contribution is 8.76. The summed E-state index contributed by atoms with van der Waals surface area (Å²) in [5.41, 5.74) is 3.04. The van der Waals surface area contributed by atoms with Gasteiger partial charge in [0.25, 0.3) is 0 Å². The molecule has 2 N–H and O–H groups in total. The molecule has 188 valence electrons. The molecule has 0 bridgehead atoms. The van der Waals surface area contributed by atoms with E-state index >= 15 is 0 Å². The lowest BCUT2D eigenvalue weighted by Crippen LogP contribution is -2.38. The molecule has 0 heterocycles. The number of hydrogen-bond acceptors (Lipinski definition) is 6. The van der Waals surface area contributed by atoms with Gasteiger partial charge in [-0.2, -0.15) is 0 Å². The summed E-state index contributed by atoms with van der Waals surface area (Å²) < 4.78 is 56.1. The zero-order chi connectivity index (χ0) is 25.3. The number of hydrogen-bond donors (Lipinski definition) is 2. The van der Waals surface area contributed by atoms with E-state index in [2.05, 4.69) is 9.44 Å². The summed E-state index contributed by atoms with van der Waals surface area (Å²) in [7, 11) is -4.17. The minimum Gasteiger partial charge on any atom is -0.210 e. The van der Waals surface area contributed by atoms with Gasteiger partial charge in [0.05, 0.1) is 9.79 Å². The third kappa shape index (κ3) is 8.96. The molecule has 0 aliphatic rings. The predicted octanol–water partition coefficient (Wildman–Crippen LogP) is 4.55. The highest BCUT2D eigenvalue weighted by Gasteiger charge is 2.21. The van der Waals surface area contributed by atoms with E-state index < -0.39 is 20.0 Å². The fourth-order valence-corrected chi connectivity index (χ4v) is 7.90. The second-order valence-electron chi connectivity index (χ2n) is 8.14. The summed E-state index contributed by atoms with van der Waals surface area (Å²) in [6.07, 6.45) is 0.555. The van der Waals surface area contributed by atoms with E-state index in [0.29, 0.717) is 17.9 Å². The molecule has 3 aromatic carbocycles. The number of nitrogens with one attached hydrogen (secondary N) is 2. The lowest BCUT2D eigenvalue weighted by Gasteiger charge is -2.19. The normalized spacial score (nSPS) is 13.0. The molecule has 10 heteroatoms. The highest BCUT2D eigenvalue weighted by atomic mass is 33.1. The van der Waals surface area contributed by atoms with E-state index in [4.69, 9.17) is 0 Å². The summed E-state index contributed by atoms with van der Waals surface area (Å²) >= 11 is 0. The summed E-state index contributed by atoms with van der Waals surface area (Å²) in [4.78, 5) is 0.485. The predicted molar refractivity (Wildman–Crippen MR) is 147 cm³/mol. The van der Waals surface area contributed by atoms with Crippen LogP contribution in [0.1, 0.15) is 16.7 Å². The van der Waals surface area contributed by atoms with E-state index in [0.717, 1.165) is 16.7 Å². The monoisotopic (exact) mass is 550 g/mol. The van der Waals surface area contributed by atoms with Crippen molar-refractivity contribution in [3.05, 3.63) is 95.6 Å². The molecule has 35 heavy (non-hydrogen) atoms. The third-order valence-corrected chi connectivity index (χ3v) is 10.6. The molecule has 3 aromatic rings. The van der Waals surface area contributed by atoms with E-state index in [1.165, 1.54) is 21.6 Å². The van der Waals surface area contributed by atoms with Gasteiger partial charge in [-0.3, -0.25) is 0 Å². The Labute approximate surface area is 216 Å². The van der Waals surface area contributed by atoms with Gasteiger partial charge in [0.2, 0.25) is 20.0 Å². The second-order valence-corrected chi connectivity index (χ2v) is 14.2. The third-order valence-electron chi connectivity index (χ3n) is 5.14. The van der Waals surface area contributed by atoms with Gasteiger partial charge in [-0.1, -0.05) is 87.3 Å². The van der Waals surface area contributed by atoms with Crippen LogP contribution < -0.4 is 9.44 Å². The lowest BCUT2D eigenvalue weighted by atomic mass is 10.1.